The van der Waals surface area contributed by atoms with Crippen molar-refractivity contribution in [3.63, 3.8) is 0 Å². The maximum absolute atomic E-state index is 11.1. The topological polar surface area (TPSA) is 49.3 Å². The van der Waals surface area contributed by atoms with Crippen LogP contribution in [0.3, 0.4) is 0 Å². The van der Waals surface area contributed by atoms with E-state index in [9.17, 15) is 4.79 Å². The lowest BCUT2D eigenvalue weighted by atomic mass is 10.1. The Hall–Kier alpha value is -1.52. The SMILES string of the molecule is O=C(O)c1ccc(Cl)cc1NCc1cccc(Br)c1. The van der Waals surface area contributed by atoms with E-state index in [2.05, 4.69) is 21.2 Å². The van der Waals surface area contributed by atoms with E-state index in [1.165, 1.54) is 6.07 Å². The number of nitrogens with one attached hydrogen (secondary N) is 1. The molecular weight excluding hydrogens is 330 g/mol. The van der Waals surface area contributed by atoms with Crippen LogP contribution < -0.4 is 5.32 Å². The lowest BCUT2D eigenvalue weighted by molar-refractivity contribution is 0.0698. The third kappa shape index (κ3) is 3.72. The van der Waals surface area contributed by atoms with Gasteiger partial charge in [-0.25, -0.2) is 4.79 Å². The van der Waals surface area contributed by atoms with E-state index in [-0.39, 0.29) is 5.56 Å². The maximum atomic E-state index is 11.1. The predicted octanol–water partition coefficient (Wildman–Crippen LogP) is 4.41. The fourth-order valence-corrected chi connectivity index (χ4v) is 2.31. The maximum Gasteiger partial charge on any atom is 0.337 e. The van der Waals surface area contributed by atoms with Crippen molar-refractivity contribution in [3.05, 3.63) is 63.1 Å². The second-order valence-corrected chi connectivity index (χ2v) is 5.33. The van der Waals surface area contributed by atoms with Crippen LogP contribution in [-0.2, 0) is 6.54 Å². The Morgan fingerprint density at radius 2 is 2.05 bits per heavy atom. The molecule has 98 valence electrons. The number of rotatable bonds is 4. The van der Waals surface area contributed by atoms with Crippen LogP contribution in [0.1, 0.15) is 15.9 Å². The first kappa shape index (κ1) is 13.9. The van der Waals surface area contributed by atoms with E-state index in [0.717, 1.165) is 10.0 Å². The molecule has 0 bridgehead atoms. The van der Waals surface area contributed by atoms with Crippen molar-refractivity contribution < 1.29 is 9.90 Å². The van der Waals surface area contributed by atoms with Crippen molar-refractivity contribution in [2.75, 3.05) is 5.32 Å². The molecule has 2 aromatic carbocycles. The molecule has 3 nitrogen and oxygen atoms in total. The third-order valence-electron chi connectivity index (χ3n) is 2.58. The van der Waals surface area contributed by atoms with Crippen LogP contribution in [0.5, 0.6) is 0 Å². The Morgan fingerprint density at radius 3 is 2.74 bits per heavy atom. The van der Waals surface area contributed by atoms with Gasteiger partial charge in [-0.3, -0.25) is 0 Å². The molecule has 0 unspecified atom stereocenters. The molecule has 0 aromatic heterocycles. The van der Waals surface area contributed by atoms with Gasteiger partial charge in [0.1, 0.15) is 0 Å². The van der Waals surface area contributed by atoms with E-state index >= 15 is 0 Å². The van der Waals surface area contributed by atoms with Gasteiger partial charge in [-0.1, -0.05) is 39.7 Å². The molecule has 2 aromatic rings. The Kier molecular flexibility index (Phi) is 4.45. The number of aromatic carboxylic acids is 1. The van der Waals surface area contributed by atoms with Gasteiger partial charge in [-0.05, 0) is 35.9 Å². The van der Waals surface area contributed by atoms with Crippen molar-refractivity contribution >= 4 is 39.2 Å². The molecule has 19 heavy (non-hydrogen) atoms. The molecular formula is C14H11BrClNO2. The fourth-order valence-electron chi connectivity index (χ4n) is 1.69. The van der Waals surface area contributed by atoms with Crippen LogP contribution >= 0.6 is 27.5 Å². The number of halogens is 2. The van der Waals surface area contributed by atoms with Gasteiger partial charge in [0.15, 0.2) is 0 Å². The van der Waals surface area contributed by atoms with E-state index < -0.39 is 5.97 Å². The predicted molar refractivity (Wildman–Crippen MR) is 79.9 cm³/mol. The zero-order valence-electron chi connectivity index (χ0n) is 9.86. The van der Waals surface area contributed by atoms with Crippen molar-refractivity contribution in [2.45, 2.75) is 6.54 Å². The summed E-state index contributed by atoms with van der Waals surface area (Å²) in [5, 5.41) is 12.7. The first-order valence-corrected chi connectivity index (χ1v) is 6.74. The zero-order valence-corrected chi connectivity index (χ0v) is 12.2. The van der Waals surface area contributed by atoms with Crippen LogP contribution in [-0.4, -0.2) is 11.1 Å². The van der Waals surface area contributed by atoms with E-state index in [0.29, 0.717) is 17.3 Å². The highest BCUT2D eigenvalue weighted by atomic mass is 79.9. The number of anilines is 1. The number of hydrogen-bond donors (Lipinski definition) is 2. The van der Waals surface area contributed by atoms with Gasteiger partial charge in [-0.15, -0.1) is 0 Å². The summed E-state index contributed by atoms with van der Waals surface area (Å²) < 4.78 is 0.983. The largest absolute Gasteiger partial charge is 0.478 e. The molecule has 0 amide bonds. The molecule has 2 N–H and O–H groups in total. The Labute approximate surface area is 124 Å². The summed E-state index contributed by atoms with van der Waals surface area (Å²) in [7, 11) is 0. The summed E-state index contributed by atoms with van der Waals surface area (Å²) in [6.07, 6.45) is 0. The second kappa shape index (κ2) is 6.08. The van der Waals surface area contributed by atoms with Gasteiger partial charge < -0.3 is 10.4 Å². The molecule has 0 fully saturated rings. The molecule has 0 heterocycles. The minimum absolute atomic E-state index is 0.208. The number of carboxylic acid groups (broad SMARTS) is 1. The molecule has 0 atom stereocenters. The first-order chi connectivity index (χ1) is 9.06. The lowest BCUT2D eigenvalue weighted by Gasteiger charge is -2.10. The fraction of sp³-hybridized carbons (Fsp3) is 0.0714. The first-order valence-electron chi connectivity index (χ1n) is 5.57. The van der Waals surface area contributed by atoms with Gasteiger partial charge in [0, 0.05) is 16.0 Å². The molecule has 2 rings (SSSR count). The van der Waals surface area contributed by atoms with Gasteiger partial charge in [0.25, 0.3) is 0 Å². The molecule has 0 aliphatic rings. The van der Waals surface area contributed by atoms with Crippen LogP contribution in [0.2, 0.25) is 5.02 Å². The summed E-state index contributed by atoms with van der Waals surface area (Å²) in [6.45, 7) is 0.528. The number of carboxylic acids is 1. The molecule has 0 aliphatic carbocycles. The quantitative estimate of drug-likeness (QED) is 0.866. The third-order valence-corrected chi connectivity index (χ3v) is 3.31. The molecule has 0 spiro atoms. The van der Waals surface area contributed by atoms with E-state index in [1.54, 1.807) is 12.1 Å². The molecule has 0 aliphatic heterocycles. The Bertz CT molecular complexity index is 616. The van der Waals surface area contributed by atoms with Crippen molar-refractivity contribution in [2.24, 2.45) is 0 Å². The normalized spacial score (nSPS) is 10.2. The average molecular weight is 341 g/mol. The van der Waals surface area contributed by atoms with Gasteiger partial charge in [-0.2, -0.15) is 0 Å². The van der Waals surface area contributed by atoms with Crippen molar-refractivity contribution in [1.29, 1.82) is 0 Å². The monoisotopic (exact) mass is 339 g/mol. The summed E-state index contributed by atoms with van der Waals surface area (Å²) in [6, 6.07) is 12.5. The van der Waals surface area contributed by atoms with Gasteiger partial charge in [0.05, 0.1) is 11.3 Å². The highest BCUT2D eigenvalue weighted by Crippen LogP contribution is 2.22. The van der Waals surface area contributed by atoms with Crippen LogP contribution in [0, 0.1) is 0 Å². The van der Waals surface area contributed by atoms with E-state index in [4.69, 9.17) is 16.7 Å². The lowest BCUT2D eigenvalue weighted by Crippen LogP contribution is -2.06. The van der Waals surface area contributed by atoms with Gasteiger partial charge in [0.2, 0.25) is 0 Å². The van der Waals surface area contributed by atoms with Crippen molar-refractivity contribution in [1.82, 2.24) is 0 Å². The number of hydrogen-bond acceptors (Lipinski definition) is 2. The second-order valence-electron chi connectivity index (χ2n) is 3.98. The standard InChI is InChI=1S/C14H11BrClNO2/c15-10-3-1-2-9(6-10)8-17-13-7-11(16)4-5-12(13)14(18)19/h1-7,17H,8H2,(H,18,19). The molecule has 5 heteroatoms. The van der Waals surface area contributed by atoms with Crippen LogP contribution in [0.15, 0.2) is 46.9 Å². The van der Waals surface area contributed by atoms with Gasteiger partial charge >= 0.3 is 5.97 Å². The number of benzene rings is 2. The van der Waals surface area contributed by atoms with Crippen LogP contribution in [0.25, 0.3) is 0 Å². The average Bonchev–Trinajstić information content (AvgIpc) is 2.36. The Balaban J connectivity index is 2.19. The number of carbonyl (C=O) groups is 1. The highest BCUT2D eigenvalue weighted by Gasteiger charge is 2.10. The minimum Gasteiger partial charge on any atom is -0.478 e. The van der Waals surface area contributed by atoms with Crippen LogP contribution in [0.4, 0.5) is 5.69 Å². The summed E-state index contributed by atoms with van der Waals surface area (Å²) in [4.78, 5) is 11.1. The smallest absolute Gasteiger partial charge is 0.337 e. The molecule has 0 saturated heterocycles. The summed E-state index contributed by atoms with van der Waals surface area (Å²) in [5.41, 5.74) is 1.77. The Morgan fingerprint density at radius 1 is 1.26 bits per heavy atom. The van der Waals surface area contributed by atoms with E-state index in [1.807, 2.05) is 24.3 Å². The van der Waals surface area contributed by atoms with Crippen molar-refractivity contribution in [3.8, 4) is 0 Å². The molecule has 0 saturated carbocycles. The molecule has 0 radical (unpaired) electrons. The zero-order chi connectivity index (χ0) is 13.8. The summed E-state index contributed by atoms with van der Waals surface area (Å²) in [5.74, 6) is -0.978. The summed E-state index contributed by atoms with van der Waals surface area (Å²) >= 11 is 9.28. The minimum atomic E-state index is -0.978. The highest BCUT2D eigenvalue weighted by molar-refractivity contribution is 9.10.